The van der Waals surface area contributed by atoms with Crippen molar-refractivity contribution in [2.24, 2.45) is 0 Å². The van der Waals surface area contributed by atoms with Gasteiger partial charge in [0.2, 0.25) is 15.9 Å². The second kappa shape index (κ2) is 5.88. The van der Waals surface area contributed by atoms with E-state index in [4.69, 9.17) is 0 Å². The highest BCUT2D eigenvalue weighted by Gasteiger charge is 2.34. The molecule has 1 saturated heterocycles. The van der Waals surface area contributed by atoms with Crippen LogP contribution >= 0.6 is 0 Å². The largest absolute Gasteiger partial charge is 0.309 e. The molecule has 0 aliphatic carbocycles. The summed E-state index contributed by atoms with van der Waals surface area (Å²) < 4.78 is 24.8. The fraction of sp³-hybridized carbons (Fsp3) is 0.538. The zero-order valence-corrected chi connectivity index (χ0v) is 12.5. The lowest BCUT2D eigenvalue weighted by molar-refractivity contribution is -0.120. The molecule has 1 amide bonds. The standard InChI is InChI=1S/C13H19N3O3S/c1-10-6-7-14-12(9-10)15-13(17)11-5-3-4-8-16(11)20(2,18)19/h6-7,9,11H,3-5,8H2,1-2H3,(H,14,15,17). The van der Waals surface area contributed by atoms with Crippen molar-refractivity contribution < 1.29 is 13.2 Å². The lowest BCUT2D eigenvalue weighted by Crippen LogP contribution is -2.49. The summed E-state index contributed by atoms with van der Waals surface area (Å²) in [6, 6.07) is 2.95. The Balaban J connectivity index is 2.14. The summed E-state index contributed by atoms with van der Waals surface area (Å²) in [5, 5.41) is 2.70. The van der Waals surface area contributed by atoms with E-state index in [0.717, 1.165) is 24.7 Å². The number of aryl methyl sites for hydroxylation is 1. The van der Waals surface area contributed by atoms with Gasteiger partial charge in [-0.3, -0.25) is 4.79 Å². The van der Waals surface area contributed by atoms with Gasteiger partial charge in [0.15, 0.2) is 0 Å². The van der Waals surface area contributed by atoms with E-state index < -0.39 is 16.1 Å². The van der Waals surface area contributed by atoms with Crippen LogP contribution in [0.3, 0.4) is 0 Å². The summed E-state index contributed by atoms with van der Waals surface area (Å²) in [5.41, 5.74) is 0.985. The monoisotopic (exact) mass is 297 g/mol. The molecule has 1 aromatic rings. The minimum atomic E-state index is -3.37. The highest BCUT2D eigenvalue weighted by atomic mass is 32.2. The van der Waals surface area contributed by atoms with E-state index in [1.807, 2.05) is 13.0 Å². The highest BCUT2D eigenvalue weighted by Crippen LogP contribution is 2.21. The first kappa shape index (κ1) is 14.9. The average molecular weight is 297 g/mol. The number of hydrogen-bond acceptors (Lipinski definition) is 4. The third-order valence-electron chi connectivity index (χ3n) is 3.35. The number of sulfonamides is 1. The van der Waals surface area contributed by atoms with Crippen molar-refractivity contribution in [3.8, 4) is 0 Å². The Bertz CT molecular complexity index is 601. The third-order valence-corrected chi connectivity index (χ3v) is 4.64. The Hall–Kier alpha value is -1.47. The van der Waals surface area contributed by atoms with Gasteiger partial charge in [-0.1, -0.05) is 6.42 Å². The second-order valence-electron chi connectivity index (χ2n) is 5.09. The third kappa shape index (κ3) is 3.55. The molecule has 6 nitrogen and oxygen atoms in total. The van der Waals surface area contributed by atoms with Crippen molar-refractivity contribution >= 4 is 21.7 Å². The predicted molar refractivity (Wildman–Crippen MR) is 76.8 cm³/mol. The van der Waals surface area contributed by atoms with Gasteiger partial charge in [0, 0.05) is 12.7 Å². The number of pyridine rings is 1. The number of carbonyl (C=O) groups is 1. The van der Waals surface area contributed by atoms with Crippen LogP contribution in [-0.4, -0.2) is 42.5 Å². The van der Waals surface area contributed by atoms with Gasteiger partial charge in [0.1, 0.15) is 11.9 Å². The summed E-state index contributed by atoms with van der Waals surface area (Å²) >= 11 is 0. The number of amides is 1. The first-order valence-electron chi connectivity index (χ1n) is 6.58. The van der Waals surface area contributed by atoms with Gasteiger partial charge in [-0.2, -0.15) is 4.31 Å². The lowest BCUT2D eigenvalue weighted by Gasteiger charge is -2.32. The van der Waals surface area contributed by atoms with Crippen LogP contribution in [0.1, 0.15) is 24.8 Å². The van der Waals surface area contributed by atoms with Crippen LogP contribution in [0.5, 0.6) is 0 Å². The number of carbonyl (C=O) groups excluding carboxylic acids is 1. The number of piperidine rings is 1. The van der Waals surface area contributed by atoms with Gasteiger partial charge in [0.25, 0.3) is 0 Å². The summed E-state index contributed by atoms with van der Waals surface area (Å²) in [6.45, 7) is 2.30. The first-order chi connectivity index (χ1) is 9.38. The number of anilines is 1. The number of aromatic nitrogens is 1. The molecule has 1 fully saturated rings. The molecule has 20 heavy (non-hydrogen) atoms. The molecule has 1 aromatic heterocycles. The second-order valence-corrected chi connectivity index (χ2v) is 7.03. The van der Waals surface area contributed by atoms with Crippen LogP contribution < -0.4 is 5.32 Å². The minimum Gasteiger partial charge on any atom is -0.309 e. The highest BCUT2D eigenvalue weighted by molar-refractivity contribution is 7.88. The smallest absolute Gasteiger partial charge is 0.243 e. The van der Waals surface area contributed by atoms with Gasteiger partial charge in [-0.25, -0.2) is 13.4 Å². The van der Waals surface area contributed by atoms with Crippen molar-refractivity contribution in [1.82, 2.24) is 9.29 Å². The number of nitrogens with zero attached hydrogens (tertiary/aromatic N) is 2. The Labute approximate surface area is 119 Å². The molecule has 1 atom stereocenters. The molecule has 2 heterocycles. The molecule has 0 saturated carbocycles. The number of hydrogen-bond donors (Lipinski definition) is 1. The molecule has 7 heteroatoms. The molecule has 110 valence electrons. The summed E-state index contributed by atoms with van der Waals surface area (Å²) in [7, 11) is -3.37. The molecule has 0 bridgehead atoms. The molecule has 1 N–H and O–H groups in total. The summed E-state index contributed by atoms with van der Waals surface area (Å²) in [4.78, 5) is 16.3. The van der Waals surface area contributed by atoms with Gasteiger partial charge in [0.05, 0.1) is 6.26 Å². The van der Waals surface area contributed by atoms with E-state index in [-0.39, 0.29) is 5.91 Å². The van der Waals surface area contributed by atoms with E-state index in [1.165, 1.54) is 4.31 Å². The Kier molecular flexibility index (Phi) is 4.39. The van der Waals surface area contributed by atoms with Crippen LogP contribution in [0.2, 0.25) is 0 Å². The van der Waals surface area contributed by atoms with Crippen LogP contribution in [0.25, 0.3) is 0 Å². The first-order valence-corrected chi connectivity index (χ1v) is 8.43. The van der Waals surface area contributed by atoms with E-state index in [2.05, 4.69) is 10.3 Å². The van der Waals surface area contributed by atoms with E-state index in [0.29, 0.717) is 18.8 Å². The zero-order valence-electron chi connectivity index (χ0n) is 11.7. The molecule has 0 spiro atoms. The quantitative estimate of drug-likeness (QED) is 0.907. The van der Waals surface area contributed by atoms with Crippen LogP contribution in [-0.2, 0) is 14.8 Å². The van der Waals surface area contributed by atoms with E-state index >= 15 is 0 Å². The van der Waals surface area contributed by atoms with Gasteiger partial charge in [-0.05, 0) is 37.5 Å². The zero-order chi connectivity index (χ0) is 14.8. The SMILES string of the molecule is Cc1ccnc(NC(=O)C2CCCCN2S(C)(=O)=O)c1. The Morgan fingerprint density at radius 2 is 2.20 bits per heavy atom. The number of rotatable bonds is 3. The topological polar surface area (TPSA) is 79.4 Å². The number of nitrogens with one attached hydrogen (secondary N) is 1. The van der Waals surface area contributed by atoms with Gasteiger partial charge >= 0.3 is 0 Å². The van der Waals surface area contributed by atoms with Crippen molar-refractivity contribution in [3.05, 3.63) is 23.9 Å². The van der Waals surface area contributed by atoms with Crippen LogP contribution in [0, 0.1) is 6.92 Å². The van der Waals surface area contributed by atoms with Gasteiger partial charge in [-0.15, -0.1) is 0 Å². The van der Waals surface area contributed by atoms with Crippen molar-refractivity contribution in [2.45, 2.75) is 32.2 Å². The fourth-order valence-electron chi connectivity index (χ4n) is 2.38. The lowest BCUT2D eigenvalue weighted by atomic mass is 10.0. The normalized spacial score (nSPS) is 20.6. The maximum Gasteiger partial charge on any atom is 0.243 e. The molecule has 1 unspecified atom stereocenters. The van der Waals surface area contributed by atoms with Crippen LogP contribution in [0.15, 0.2) is 18.3 Å². The van der Waals surface area contributed by atoms with Crippen molar-refractivity contribution in [3.63, 3.8) is 0 Å². The summed E-state index contributed by atoms with van der Waals surface area (Å²) in [5.74, 6) is 0.141. The maximum absolute atomic E-state index is 12.3. The van der Waals surface area contributed by atoms with E-state index in [1.54, 1.807) is 12.3 Å². The van der Waals surface area contributed by atoms with Crippen LogP contribution in [0.4, 0.5) is 5.82 Å². The fourth-order valence-corrected chi connectivity index (χ4v) is 3.50. The Morgan fingerprint density at radius 3 is 2.85 bits per heavy atom. The molecule has 1 aliphatic heterocycles. The summed E-state index contributed by atoms with van der Waals surface area (Å²) in [6.07, 6.45) is 4.94. The molecular weight excluding hydrogens is 278 g/mol. The van der Waals surface area contributed by atoms with Gasteiger partial charge < -0.3 is 5.32 Å². The molecule has 2 rings (SSSR count). The maximum atomic E-state index is 12.3. The van der Waals surface area contributed by atoms with E-state index in [9.17, 15) is 13.2 Å². The molecule has 0 radical (unpaired) electrons. The minimum absolute atomic E-state index is 0.312. The molecule has 0 aromatic carbocycles. The average Bonchev–Trinajstić information content (AvgIpc) is 2.37. The Morgan fingerprint density at radius 1 is 1.45 bits per heavy atom. The molecule has 1 aliphatic rings. The molecular formula is C13H19N3O3S. The van der Waals surface area contributed by atoms with Crippen molar-refractivity contribution in [2.75, 3.05) is 18.1 Å². The van der Waals surface area contributed by atoms with Crippen molar-refractivity contribution in [1.29, 1.82) is 0 Å². The predicted octanol–water partition coefficient (Wildman–Crippen LogP) is 1.14.